The van der Waals surface area contributed by atoms with Crippen LogP contribution in [-0.2, 0) is 0 Å². The standard InChI is InChI=1S/C16H12BrClFN3O/c1-8(21-15-14(19)12(17)4-5-20-15)11-7-9-6-10(18)2-3-13(9)22-16(11)23/h2-8H,1H3,(H,20,21)(H,22,23)/t8-/m0/s1. The molecule has 0 bridgehead atoms. The number of hydrogen-bond donors (Lipinski definition) is 2. The summed E-state index contributed by atoms with van der Waals surface area (Å²) in [5.74, 6) is -0.419. The Morgan fingerprint density at radius 2 is 2.13 bits per heavy atom. The molecule has 0 saturated heterocycles. The van der Waals surface area contributed by atoms with Crippen LogP contribution in [0, 0.1) is 5.82 Å². The van der Waals surface area contributed by atoms with Crippen LogP contribution in [0.4, 0.5) is 10.2 Å². The molecule has 2 heterocycles. The maximum absolute atomic E-state index is 14.0. The number of anilines is 1. The molecule has 0 aliphatic heterocycles. The summed E-state index contributed by atoms with van der Waals surface area (Å²) in [6.07, 6.45) is 1.48. The third-order valence-corrected chi connectivity index (χ3v) is 4.34. The van der Waals surface area contributed by atoms with E-state index < -0.39 is 11.9 Å². The Balaban J connectivity index is 2.00. The highest BCUT2D eigenvalue weighted by Gasteiger charge is 2.15. The second-order valence-corrected chi connectivity index (χ2v) is 6.40. The van der Waals surface area contributed by atoms with Crippen molar-refractivity contribution in [1.29, 1.82) is 0 Å². The fraction of sp³-hybridized carbons (Fsp3) is 0.125. The van der Waals surface area contributed by atoms with Gasteiger partial charge in [-0.05, 0) is 53.2 Å². The van der Waals surface area contributed by atoms with Gasteiger partial charge in [0.1, 0.15) is 0 Å². The Hall–Kier alpha value is -1.92. The highest BCUT2D eigenvalue weighted by molar-refractivity contribution is 9.10. The number of nitrogens with zero attached hydrogens (tertiary/aromatic N) is 1. The third kappa shape index (κ3) is 3.23. The molecule has 3 rings (SSSR count). The Morgan fingerprint density at radius 1 is 1.35 bits per heavy atom. The summed E-state index contributed by atoms with van der Waals surface area (Å²) in [6, 6.07) is 8.04. The zero-order valence-corrected chi connectivity index (χ0v) is 14.4. The van der Waals surface area contributed by atoms with E-state index in [1.165, 1.54) is 12.3 Å². The minimum atomic E-state index is -0.500. The van der Waals surface area contributed by atoms with Gasteiger partial charge in [-0.25, -0.2) is 9.37 Å². The van der Waals surface area contributed by atoms with Crippen LogP contribution >= 0.6 is 27.5 Å². The van der Waals surface area contributed by atoms with Crippen molar-refractivity contribution < 1.29 is 4.39 Å². The van der Waals surface area contributed by atoms with Crippen molar-refractivity contribution in [3.05, 3.63) is 67.8 Å². The number of hydrogen-bond acceptors (Lipinski definition) is 3. The molecule has 4 nitrogen and oxygen atoms in total. The second-order valence-electron chi connectivity index (χ2n) is 5.11. The molecule has 2 N–H and O–H groups in total. The predicted molar refractivity (Wildman–Crippen MR) is 93.5 cm³/mol. The summed E-state index contributed by atoms with van der Waals surface area (Å²) in [5.41, 5.74) is 0.929. The lowest BCUT2D eigenvalue weighted by Crippen LogP contribution is -2.20. The minimum Gasteiger partial charge on any atom is -0.361 e. The van der Waals surface area contributed by atoms with Gasteiger partial charge in [-0.15, -0.1) is 0 Å². The molecule has 23 heavy (non-hydrogen) atoms. The second kappa shape index (κ2) is 6.29. The Bertz CT molecular complexity index is 944. The number of halogens is 3. The van der Waals surface area contributed by atoms with Gasteiger partial charge in [0.25, 0.3) is 5.56 Å². The summed E-state index contributed by atoms with van der Waals surface area (Å²) < 4.78 is 14.3. The molecular formula is C16H12BrClFN3O. The van der Waals surface area contributed by atoms with E-state index in [2.05, 4.69) is 31.2 Å². The van der Waals surface area contributed by atoms with Crippen LogP contribution in [0.2, 0.25) is 5.02 Å². The van der Waals surface area contributed by atoms with E-state index in [1.807, 2.05) is 0 Å². The van der Waals surface area contributed by atoms with Crippen molar-refractivity contribution in [3.8, 4) is 0 Å². The summed E-state index contributed by atoms with van der Waals surface area (Å²) in [4.78, 5) is 19.0. The number of aromatic amines is 1. The van der Waals surface area contributed by atoms with Gasteiger partial charge in [-0.2, -0.15) is 0 Å². The predicted octanol–water partition coefficient (Wildman–Crippen LogP) is 4.65. The fourth-order valence-electron chi connectivity index (χ4n) is 2.32. The molecule has 0 fully saturated rings. The first-order chi connectivity index (χ1) is 11.0. The van der Waals surface area contributed by atoms with Crippen LogP contribution in [0.25, 0.3) is 10.9 Å². The van der Waals surface area contributed by atoms with E-state index in [-0.39, 0.29) is 11.4 Å². The minimum absolute atomic E-state index is 0.0810. The normalized spacial score (nSPS) is 12.3. The molecular weight excluding hydrogens is 385 g/mol. The van der Waals surface area contributed by atoms with Crippen molar-refractivity contribution in [2.75, 3.05) is 5.32 Å². The van der Waals surface area contributed by atoms with Crippen molar-refractivity contribution in [3.63, 3.8) is 0 Å². The van der Waals surface area contributed by atoms with E-state index in [4.69, 9.17) is 11.6 Å². The number of pyridine rings is 2. The van der Waals surface area contributed by atoms with Crippen LogP contribution in [0.3, 0.4) is 0 Å². The number of H-pyrrole nitrogens is 1. The third-order valence-electron chi connectivity index (χ3n) is 3.50. The van der Waals surface area contributed by atoms with Gasteiger partial charge in [-0.3, -0.25) is 4.79 Å². The lowest BCUT2D eigenvalue weighted by Gasteiger charge is -2.15. The van der Waals surface area contributed by atoms with E-state index in [0.717, 1.165) is 5.39 Å². The largest absolute Gasteiger partial charge is 0.361 e. The van der Waals surface area contributed by atoms with E-state index in [1.54, 1.807) is 31.2 Å². The van der Waals surface area contributed by atoms with Gasteiger partial charge in [-0.1, -0.05) is 11.6 Å². The SMILES string of the molecule is C[C@H](Nc1nccc(Br)c1F)c1cc2cc(Cl)ccc2[nH]c1=O. The molecule has 1 atom stereocenters. The molecule has 0 unspecified atom stereocenters. The number of fused-ring (bicyclic) bond motifs is 1. The van der Waals surface area contributed by atoms with Crippen LogP contribution in [-0.4, -0.2) is 9.97 Å². The Kier molecular flexibility index (Phi) is 4.37. The molecule has 0 radical (unpaired) electrons. The van der Waals surface area contributed by atoms with Crippen molar-refractivity contribution in [2.24, 2.45) is 0 Å². The zero-order valence-electron chi connectivity index (χ0n) is 12.0. The number of aromatic nitrogens is 2. The van der Waals surface area contributed by atoms with Crippen LogP contribution in [0.5, 0.6) is 0 Å². The number of benzene rings is 1. The summed E-state index contributed by atoms with van der Waals surface area (Å²) in [6.45, 7) is 1.77. The maximum atomic E-state index is 14.0. The van der Waals surface area contributed by atoms with Gasteiger partial charge < -0.3 is 10.3 Å². The monoisotopic (exact) mass is 395 g/mol. The average Bonchev–Trinajstić information content (AvgIpc) is 2.51. The molecule has 0 spiro atoms. The smallest absolute Gasteiger partial charge is 0.253 e. The number of nitrogens with one attached hydrogen (secondary N) is 2. The fourth-order valence-corrected chi connectivity index (χ4v) is 2.81. The Morgan fingerprint density at radius 3 is 2.91 bits per heavy atom. The average molecular weight is 397 g/mol. The van der Waals surface area contributed by atoms with E-state index in [9.17, 15) is 9.18 Å². The molecule has 0 aliphatic carbocycles. The van der Waals surface area contributed by atoms with Crippen LogP contribution in [0.15, 0.2) is 45.8 Å². The summed E-state index contributed by atoms with van der Waals surface area (Å²) in [7, 11) is 0. The highest BCUT2D eigenvalue weighted by Crippen LogP contribution is 2.25. The zero-order chi connectivity index (χ0) is 16.6. The molecule has 0 aliphatic rings. The van der Waals surface area contributed by atoms with Gasteiger partial charge in [0.15, 0.2) is 11.6 Å². The molecule has 3 aromatic rings. The van der Waals surface area contributed by atoms with E-state index in [0.29, 0.717) is 20.6 Å². The molecule has 118 valence electrons. The molecule has 1 aromatic carbocycles. The number of rotatable bonds is 3. The lowest BCUT2D eigenvalue weighted by molar-refractivity contribution is 0.614. The molecule has 0 amide bonds. The van der Waals surface area contributed by atoms with Crippen molar-refractivity contribution >= 4 is 44.3 Å². The van der Waals surface area contributed by atoms with Crippen LogP contribution < -0.4 is 10.9 Å². The maximum Gasteiger partial charge on any atom is 0.253 e. The molecule has 7 heteroatoms. The van der Waals surface area contributed by atoms with E-state index >= 15 is 0 Å². The quantitative estimate of drug-likeness (QED) is 0.677. The van der Waals surface area contributed by atoms with Gasteiger partial charge in [0, 0.05) is 27.7 Å². The highest BCUT2D eigenvalue weighted by atomic mass is 79.9. The topological polar surface area (TPSA) is 57.8 Å². The Labute approximate surface area is 144 Å². The van der Waals surface area contributed by atoms with Gasteiger partial charge >= 0.3 is 0 Å². The molecule has 0 saturated carbocycles. The summed E-state index contributed by atoms with van der Waals surface area (Å²) in [5, 5.41) is 4.31. The first-order valence-corrected chi connectivity index (χ1v) is 8.02. The van der Waals surface area contributed by atoms with Gasteiger partial charge in [0.2, 0.25) is 0 Å². The van der Waals surface area contributed by atoms with Crippen molar-refractivity contribution in [2.45, 2.75) is 13.0 Å². The molecule has 2 aromatic heterocycles. The lowest BCUT2D eigenvalue weighted by atomic mass is 10.1. The van der Waals surface area contributed by atoms with Crippen molar-refractivity contribution in [1.82, 2.24) is 9.97 Å². The van der Waals surface area contributed by atoms with Crippen LogP contribution in [0.1, 0.15) is 18.5 Å². The summed E-state index contributed by atoms with van der Waals surface area (Å²) >= 11 is 9.10. The first-order valence-electron chi connectivity index (χ1n) is 6.84. The van der Waals surface area contributed by atoms with Gasteiger partial charge in [0.05, 0.1) is 10.5 Å². The first kappa shape index (κ1) is 16.0.